The van der Waals surface area contributed by atoms with Crippen LogP contribution in [-0.2, 0) is 9.59 Å². The summed E-state index contributed by atoms with van der Waals surface area (Å²) in [6, 6.07) is 23.1. The van der Waals surface area contributed by atoms with Crippen molar-refractivity contribution in [1.29, 1.82) is 0 Å². The third-order valence-corrected chi connectivity index (χ3v) is 7.43. The number of carbonyl (C=O) groups is 3. The van der Waals surface area contributed by atoms with Crippen molar-refractivity contribution < 1.29 is 23.7 Å². The lowest BCUT2D eigenvalue weighted by molar-refractivity contribution is -0.384. The molecule has 3 N–H and O–H groups in total. The van der Waals surface area contributed by atoms with Crippen molar-refractivity contribution in [3.05, 3.63) is 124 Å². The average Bonchev–Trinajstić information content (AvgIpc) is 3.50. The maximum atomic E-state index is 13.3. The van der Waals surface area contributed by atoms with Crippen LogP contribution >= 0.6 is 11.8 Å². The van der Waals surface area contributed by atoms with Gasteiger partial charge < -0.3 is 20.4 Å². The summed E-state index contributed by atoms with van der Waals surface area (Å²) < 4.78 is 5.34. The molecule has 1 aromatic heterocycles. The van der Waals surface area contributed by atoms with Crippen LogP contribution in [-0.4, -0.2) is 27.9 Å². The Morgan fingerprint density at radius 1 is 0.976 bits per heavy atom. The van der Waals surface area contributed by atoms with Gasteiger partial charge in [-0.1, -0.05) is 31.2 Å². The number of nitro benzene ring substituents is 1. The molecule has 0 saturated heterocycles. The van der Waals surface area contributed by atoms with Crippen molar-refractivity contribution in [3.63, 3.8) is 0 Å². The van der Waals surface area contributed by atoms with Crippen LogP contribution in [0.1, 0.15) is 35.0 Å². The molecule has 1 atom stereocenters. The van der Waals surface area contributed by atoms with Crippen LogP contribution in [0.5, 0.6) is 0 Å². The van der Waals surface area contributed by atoms with Crippen LogP contribution < -0.4 is 16.0 Å². The molecule has 1 heterocycles. The topological polar surface area (TPSA) is 144 Å². The third kappa shape index (κ3) is 7.95. The Morgan fingerprint density at radius 3 is 2.43 bits per heavy atom. The van der Waals surface area contributed by atoms with Gasteiger partial charge in [-0.05, 0) is 67.4 Å². The standard InChI is InChI=1S/C31H28N4O6S/c1-3-28(31(38)33-26-15-14-23(35(39)40)17-20(26)2)42-25-13-7-11-22(18-25)32-30(37)27(19-24-12-8-16-41-24)34-29(36)21-9-5-4-6-10-21/h4-19,28H,3H2,1-2H3,(H,32,37)(H,33,38)(H,34,36)/b27-19-. The zero-order valence-corrected chi connectivity index (χ0v) is 23.6. The number of carbonyl (C=O) groups excluding carboxylic acids is 3. The number of aryl methyl sites for hydroxylation is 1. The van der Waals surface area contributed by atoms with E-state index in [-0.39, 0.29) is 17.3 Å². The molecule has 0 saturated carbocycles. The molecule has 0 fully saturated rings. The molecule has 0 aliphatic heterocycles. The molecule has 10 nitrogen and oxygen atoms in total. The number of hydrogen-bond donors (Lipinski definition) is 3. The lowest BCUT2D eigenvalue weighted by atomic mass is 10.1. The first-order valence-electron chi connectivity index (χ1n) is 13.0. The molecule has 4 aromatic rings. The van der Waals surface area contributed by atoms with Crippen LogP contribution in [0.15, 0.2) is 106 Å². The Bertz CT molecular complexity index is 1620. The maximum absolute atomic E-state index is 13.3. The van der Waals surface area contributed by atoms with Crippen LogP contribution in [0, 0.1) is 17.0 Å². The van der Waals surface area contributed by atoms with Crippen molar-refractivity contribution in [3.8, 4) is 0 Å². The lowest BCUT2D eigenvalue weighted by Crippen LogP contribution is -2.30. The van der Waals surface area contributed by atoms with E-state index in [0.29, 0.717) is 34.7 Å². The molecule has 42 heavy (non-hydrogen) atoms. The average molecular weight is 585 g/mol. The predicted octanol–water partition coefficient (Wildman–Crippen LogP) is 6.42. The summed E-state index contributed by atoms with van der Waals surface area (Å²) in [5.74, 6) is -0.872. The number of anilines is 2. The maximum Gasteiger partial charge on any atom is 0.272 e. The fraction of sp³-hybridized carbons (Fsp3) is 0.129. The van der Waals surface area contributed by atoms with Crippen LogP contribution in [0.25, 0.3) is 6.08 Å². The fourth-order valence-electron chi connectivity index (χ4n) is 3.91. The minimum Gasteiger partial charge on any atom is -0.465 e. The highest BCUT2D eigenvalue weighted by Gasteiger charge is 2.21. The summed E-state index contributed by atoms with van der Waals surface area (Å²) >= 11 is 1.32. The highest BCUT2D eigenvalue weighted by molar-refractivity contribution is 8.00. The third-order valence-electron chi connectivity index (χ3n) is 6.07. The first kappa shape index (κ1) is 29.8. The molecule has 4 rings (SSSR count). The van der Waals surface area contributed by atoms with Crippen LogP contribution in [0.2, 0.25) is 0 Å². The Kier molecular flexibility index (Phi) is 9.90. The smallest absolute Gasteiger partial charge is 0.272 e. The number of non-ortho nitro benzene ring substituents is 1. The monoisotopic (exact) mass is 584 g/mol. The summed E-state index contributed by atoms with van der Waals surface area (Å²) in [4.78, 5) is 50.4. The number of nitrogens with zero attached hydrogens (tertiary/aromatic N) is 1. The van der Waals surface area contributed by atoms with Gasteiger partial charge >= 0.3 is 0 Å². The van der Waals surface area contributed by atoms with Crippen molar-refractivity contribution >= 4 is 52.6 Å². The number of amides is 3. The number of nitro groups is 1. The van der Waals surface area contributed by atoms with E-state index in [9.17, 15) is 24.5 Å². The van der Waals surface area contributed by atoms with Crippen LogP contribution in [0.3, 0.4) is 0 Å². The predicted molar refractivity (Wildman–Crippen MR) is 162 cm³/mol. The first-order valence-corrected chi connectivity index (χ1v) is 13.9. The second-order valence-electron chi connectivity index (χ2n) is 9.14. The number of rotatable bonds is 11. The molecule has 3 aromatic carbocycles. The quantitative estimate of drug-likeness (QED) is 0.0799. The van der Waals surface area contributed by atoms with Gasteiger partial charge in [-0.25, -0.2) is 0 Å². The minimum atomic E-state index is -0.559. The molecule has 0 radical (unpaired) electrons. The van der Waals surface area contributed by atoms with Gasteiger partial charge in [0.15, 0.2) is 0 Å². The van der Waals surface area contributed by atoms with Crippen molar-refractivity contribution in [2.24, 2.45) is 0 Å². The molecule has 3 amide bonds. The number of furan rings is 1. The van der Waals surface area contributed by atoms with E-state index in [1.807, 2.05) is 13.0 Å². The Morgan fingerprint density at radius 2 is 1.76 bits per heavy atom. The van der Waals surface area contributed by atoms with E-state index in [1.165, 1.54) is 42.3 Å². The molecule has 0 bridgehead atoms. The lowest BCUT2D eigenvalue weighted by Gasteiger charge is -2.16. The molecular weight excluding hydrogens is 556 g/mol. The van der Waals surface area contributed by atoms with Gasteiger partial charge in [-0.2, -0.15) is 0 Å². The second kappa shape index (κ2) is 14.0. The largest absolute Gasteiger partial charge is 0.465 e. The molecule has 214 valence electrons. The Hall–Kier alpha value is -5.16. The van der Waals surface area contributed by atoms with Crippen molar-refractivity contribution in [2.75, 3.05) is 10.6 Å². The van der Waals surface area contributed by atoms with E-state index in [2.05, 4.69) is 16.0 Å². The minimum absolute atomic E-state index is 0.0128. The van der Waals surface area contributed by atoms with E-state index in [0.717, 1.165) is 4.90 Å². The van der Waals surface area contributed by atoms with E-state index >= 15 is 0 Å². The summed E-state index contributed by atoms with van der Waals surface area (Å²) in [7, 11) is 0. The van der Waals surface area contributed by atoms with E-state index < -0.39 is 22.0 Å². The van der Waals surface area contributed by atoms with Gasteiger partial charge in [0.05, 0.1) is 16.4 Å². The summed E-state index contributed by atoms with van der Waals surface area (Å²) in [6.07, 6.45) is 3.41. The molecule has 11 heteroatoms. The van der Waals surface area contributed by atoms with Gasteiger partial charge in [-0.15, -0.1) is 11.8 Å². The normalized spacial score (nSPS) is 11.8. The summed E-state index contributed by atoms with van der Waals surface area (Å²) in [5, 5.41) is 18.9. The van der Waals surface area contributed by atoms with Crippen molar-refractivity contribution in [1.82, 2.24) is 5.32 Å². The van der Waals surface area contributed by atoms with Crippen LogP contribution in [0.4, 0.5) is 17.1 Å². The van der Waals surface area contributed by atoms with Gasteiger partial charge in [0.1, 0.15) is 11.5 Å². The van der Waals surface area contributed by atoms with Crippen molar-refractivity contribution in [2.45, 2.75) is 30.4 Å². The number of thioether (sulfide) groups is 1. The zero-order valence-electron chi connectivity index (χ0n) is 22.8. The second-order valence-corrected chi connectivity index (χ2v) is 10.4. The molecule has 0 spiro atoms. The van der Waals surface area contributed by atoms with Gasteiger partial charge in [-0.3, -0.25) is 24.5 Å². The zero-order chi connectivity index (χ0) is 30.1. The molecule has 0 aliphatic rings. The van der Waals surface area contributed by atoms with Gasteiger partial charge in [0.25, 0.3) is 17.5 Å². The first-order chi connectivity index (χ1) is 20.2. The highest BCUT2D eigenvalue weighted by atomic mass is 32.2. The molecular formula is C31H28N4O6S. The number of nitrogens with one attached hydrogen (secondary N) is 3. The molecule has 0 aliphatic carbocycles. The fourth-order valence-corrected chi connectivity index (χ4v) is 4.92. The highest BCUT2D eigenvalue weighted by Crippen LogP contribution is 2.30. The van der Waals surface area contributed by atoms with Gasteiger partial charge in [0.2, 0.25) is 5.91 Å². The SMILES string of the molecule is CCC(Sc1cccc(NC(=O)/C(=C/c2ccco2)NC(=O)c2ccccc2)c1)C(=O)Nc1ccc([N+](=O)[O-])cc1C. The number of hydrogen-bond acceptors (Lipinski definition) is 7. The summed E-state index contributed by atoms with van der Waals surface area (Å²) in [6.45, 7) is 3.58. The van der Waals surface area contributed by atoms with E-state index in [4.69, 9.17) is 4.42 Å². The number of benzene rings is 3. The van der Waals surface area contributed by atoms with Gasteiger partial charge in [0, 0.05) is 40.0 Å². The molecule has 1 unspecified atom stereocenters. The summed E-state index contributed by atoms with van der Waals surface area (Å²) in [5.41, 5.74) is 1.88. The Labute approximate surface area is 246 Å². The van der Waals surface area contributed by atoms with E-state index in [1.54, 1.807) is 67.6 Å². The Balaban J connectivity index is 1.46.